The Labute approximate surface area is 169 Å². The normalized spacial score (nSPS) is 10.9. The van der Waals surface area contributed by atoms with Gasteiger partial charge in [-0.05, 0) is 69.3 Å². The van der Waals surface area contributed by atoms with Gasteiger partial charge in [0.05, 0.1) is 0 Å². The molecule has 0 unspecified atom stereocenters. The van der Waals surface area contributed by atoms with Gasteiger partial charge in [-0.25, -0.2) is 0 Å². The minimum atomic E-state index is -0.396. The molecule has 148 valence electrons. The van der Waals surface area contributed by atoms with E-state index in [2.05, 4.69) is 15.6 Å². The van der Waals surface area contributed by atoms with Crippen molar-refractivity contribution >= 4 is 17.5 Å². The number of nitrogens with one attached hydrogen (secondary N) is 2. The molecule has 0 aliphatic carbocycles. The summed E-state index contributed by atoms with van der Waals surface area (Å²) in [4.78, 5) is 28.9. The highest BCUT2D eigenvalue weighted by molar-refractivity contribution is 6.04. The molecule has 0 aliphatic heterocycles. The van der Waals surface area contributed by atoms with Crippen LogP contribution in [0.2, 0.25) is 0 Å². The molecule has 0 bridgehead atoms. The SMILES string of the molecule is CC(C)(C)NC(=O)c1ccnc(C(=O)Nc2ccc(Oc3ccccc3)cc2)c1. The number of ether oxygens (including phenoxy) is 1. The number of aromatic nitrogens is 1. The number of pyridine rings is 1. The van der Waals surface area contributed by atoms with Crippen LogP contribution in [0.15, 0.2) is 72.9 Å². The van der Waals surface area contributed by atoms with E-state index >= 15 is 0 Å². The lowest BCUT2D eigenvalue weighted by Crippen LogP contribution is -2.40. The number of hydrogen-bond acceptors (Lipinski definition) is 4. The fraction of sp³-hybridized carbons (Fsp3) is 0.174. The Bertz CT molecular complexity index is 994. The molecule has 1 heterocycles. The number of para-hydroxylation sites is 1. The maximum atomic E-state index is 12.5. The zero-order valence-electron chi connectivity index (χ0n) is 16.6. The molecule has 3 rings (SSSR count). The Kier molecular flexibility index (Phi) is 5.93. The maximum absolute atomic E-state index is 12.5. The second kappa shape index (κ2) is 8.56. The minimum Gasteiger partial charge on any atom is -0.457 e. The van der Waals surface area contributed by atoms with E-state index in [0.29, 0.717) is 17.0 Å². The summed E-state index contributed by atoms with van der Waals surface area (Å²) in [6, 6.07) is 19.5. The van der Waals surface area contributed by atoms with Crippen LogP contribution in [0, 0.1) is 0 Å². The molecule has 29 heavy (non-hydrogen) atoms. The van der Waals surface area contributed by atoms with Crippen molar-refractivity contribution in [3.63, 3.8) is 0 Å². The van der Waals surface area contributed by atoms with Gasteiger partial charge < -0.3 is 15.4 Å². The Morgan fingerprint density at radius 1 is 0.862 bits per heavy atom. The molecule has 0 atom stereocenters. The Morgan fingerprint density at radius 3 is 2.17 bits per heavy atom. The maximum Gasteiger partial charge on any atom is 0.274 e. The molecule has 0 radical (unpaired) electrons. The van der Waals surface area contributed by atoms with Crippen molar-refractivity contribution in [2.45, 2.75) is 26.3 Å². The fourth-order valence-corrected chi connectivity index (χ4v) is 2.53. The lowest BCUT2D eigenvalue weighted by atomic mass is 10.1. The van der Waals surface area contributed by atoms with Gasteiger partial charge in [0.1, 0.15) is 17.2 Å². The van der Waals surface area contributed by atoms with Crippen LogP contribution in [0.4, 0.5) is 5.69 Å². The summed E-state index contributed by atoms with van der Waals surface area (Å²) < 4.78 is 5.74. The summed E-state index contributed by atoms with van der Waals surface area (Å²) in [6.07, 6.45) is 1.45. The molecular formula is C23H23N3O3. The molecule has 2 amide bonds. The molecule has 3 aromatic rings. The first-order valence-electron chi connectivity index (χ1n) is 9.23. The summed E-state index contributed by atoms with van der Waals surface area (Å²) in [7, 11) is 0. The van der Waals surface area contributed by atoms with Gasteiger partial charge in [0.2, 0.25) is 0 Å². The van der Waals surface area contributed by atoms with Crippen LogP contribution in [-0.4, -0.2) is 22.3 Å². The van der Waals surface area contributed by atoms with Crippen molar-refractivity contribution in [2.24, 2.45) is 0 Å². The average molecular weight is 389 g/mol. The quantitative estimate of drug-likeness (QED) is 0.665. The van der Waals surface area contributed by atoms with Crippen molar-refractivity contribution in [1.29, 1.82) is 0 Å². The number of hydrogen-bond donors (Lipinski definition) is 2. The van der Waals surface area contributed by atoms with E-state index in [1.165, 1.54) is 12.3 Å². The zero-order valence-corrected chi connectivity index (χ0v) is 16.6. The van der Waals surface area contributed by atoms with E-state index in [1.54, 1.807) is 30.3 Å². The van der Waals surface area contributed by atoms with Crippen molar-refractivity contribution in [3.05, 3.63) is 84.2 Å². The third-order valence-electron chi connectivity index (χ3n) is 3.83. The van der Waals surface area contributed by atoms with Crippen molar-refractivity contribution < 1.29 is 14.3 Å². The van der Waals surface area contributed by atoms with Crippen LogP contribution in [0.5, 0.6) is 11.5 Å². The number of anilines is 1. The van der Waals surface area contributed by atoms with Crippen LogP contribution >= 0.6 is 0 Å². The number of carbonyl (C=O) groups excluding carboxylic acids is 2. The first-order valence-corrected chi connectivity index (χ1v) is 9.23. The van der Waals surface area contributed by atoms with Crippen LogP contribution in [0.3, 0.4) is 0 Å². The standard InChI is InChI=1S/C23H23N3O3/c1-23(2,3)26-21(27)16-13-14-24-20(15-16)22(28)25-17-9-11-19(12-10-17)29-18-7-5-4-6-8-18/h4-15H,1-3H3,(H,25,28)(H,26,27). The van der Waals surface area contributed by atoms with Gasteiger partial charge in [-0.15, -0.1) is 0 Å². The van der Waals surface area contributed by atoms with E-state index in [1.807, 2.05) is 51.1 Å². The lowest BCUT2D eigenvalue weighted by Gasteiger charge is -2.20. The molecule has 0 saturated heterocycles. The van der Waals surface area contributed by atoms with Gasteiger partial charge in [0.15, 0.2) is 0 Å². The van der Waals surface area contributed by atoms with Crippen LogP contribution < -0.4 is 15.4 Å². The predicted molar refractivity (Wildman–Crippen MR) is 112 cm³/mol. The molecule has 0 spiro atoms. The summed E-state index contributed by atoms with van der Waals surface area (Å²) in [6.45, 7) is 5.68. The first-order chi connectivity index (χ1) is 13.8. The average Bonchev–Trinajstić information content (AvgIpc) is 2.69. The number of nitrogens with zero attached hydrogens (tertiary/aromatic N) is 1. The Morgan fingerprint density at radius 2 is 1.52 bits per heavy atom. The number of benzene rings is 2. The highest BCUT2D eigenvalue weighted by Crippen LogP contribution is 2.22. The highest BCUT2D eigenvalue weighted by Gasteiger charge is 2.17. The third-order valence-corrected chi connectivity index (χ3v) is 3.83. The zero-order chi connectivity index (χ0) is 20.9. The van der Waals surface area contributed by atoms with E-state index in [0.717, 1.165) is 5.75 Å². The largest absolute Gasteiger partial charge is 0.457 e. The van der Waals surface area contributed by atoms with Gasteiger partial charge in [0.25, 0.3) is 11.8 Å². The lowest BCUT2D eigenvalue weighted by molar-refractivity contribution is 0.0919. The van der Waals surface area contributed by atoms with Crippen molar-refractivity contribution in [1.82, 2.24) is 10.3 Å². The molecule has 0 saturated carbocycles. The van der Waals surface area contributed by atoms with E-state index in [-0.39, 0.29) is 17.1 Å². The minimum absolute atomic E-state index is 0.163. The number of amides is 2. The fourth-order valence-electron chi connectivity index (χ4n) is 2.53. The number of carbonyl (C=O) groups is 2. The second-order valence-electron chi connectivity index (χ2n) is 7.53. The summed E-state index contributed by atoms with van der Waals surface area (Å²) in [5.41, 5.74) is 0.774. The van der Waals surface area contributed by atoms with E-state index < -0.39 is 5.91 Å². The van der Waals surface area contributed by atoms with Crippen molar-refractivity contribution in [2.75, 3.05) is 5.32 Å². The highest BCUT2D eigenvalue weighted by atomic mass is 16.5. The van der Waals surface area contributed by atoms with Crippen LogP contribution in [-0.2, 0) is 0 Å². The molecular weight excluding hydrogens is 366 g/mol. The van der Waals surface area contributed by atoms with Gasteiger partial charge >= 0.3 is 0 Å². The Balaban J connectivity index is 1.65. The molecule has 6 heteroatoms. The molecule has 1 aromatic heterocycles. The molecule has 6 nitrogen and oxygen atoms in total. The van der Waals surface area contributed by atoms with E-state index in [9.17, 15) is 9.59 Å². The van der Waals surface area contributed by atoms with Crippen molar-refractivity contribution in [3.8, 4) is 11.5 Å². The van der Waals surface area contributed by atoms with Gasteiger partial charge in [-0.2, -0.15) is 0 Å². The summed E-state index contributed by atoms with van der Waals surface area (Å²) in [5.74, 6) is 0.746. The molecule has 0 aliphatic rings. The summed E-state index contributed by atoms with van der Waals surface area (Å²) >= 11 is 0. The first kappa shape index (κ1) is 20.1. The van der Waals surface area contributed by atoms with Gasteiger partial charge in [-0.1, -0.05) is 18.2 Å². The Hall–Kier alpha value is -3.67. The van der Waals surface area contributed by atoms with Crippen LogP contribution in [0.25, 0.3) is 0 Å². The molecule has 2 N–H and O–H groups in total. The number of rotatable bonds is 5. The van der Waals surface area contributed by atoms with Crippen LogP contribution in [0.1, 0.15) is 41.6 Å². The summed E-state index contributed by atoms with van der Waals surface area (Å²) in [5, 5.41) is 5.64. The topological polar surface area (TPSA) is 80.3 Å². The predicted octanol–water partition coefficient (Wildman–Crippen LogP) is 4.65. The monoisotopic (exact) mass is 389 g/mol. The molecule has 2 aromatic carbocycles. The van der Waals surface area contributed by atoms with E-state index in [4.69, 9.17) is 4.74 Å². The third kappa shape index (κ3) is 5.90. The molecule has 0 fully saturated rings. The van der Waals surface area contributed by atoms with Gasteiger partial charge in [0, 0.05) is 23.0 Å². The van der Waals surface area contributed by atoms with Gasteiger partial charge in [-0.3, -0.25) is 14.6 Å². The second-order valence-corrected chi connectivity index (χ2v) is 7.53. The smallest absolute Gasteiger partial charge is 0.274 e.